The van der Waals surface area contributed by atoms with Crippen molar-refractivity contribution in [2.45, 2.75) is 13.5 Å². The van der Waals surface area contributed by atoms with Crippen LogP contribution in [-0.4, -0.2) is 34.7 Å². The molecular formula is C12H17FN2OS. The Hall–Kier alpha value is -1.04. The first-order chi connectivity index (χ1) is 8.08. The van der Waals surface area contributed by atoms with Gasteiger partial charge in [-0.25, -0.2) is 4.39 Å². The highest BCUT2D eigenvalue weighted by molar-refractivity contribution is 7.80. The zero-order chi connectivity index (χ0) is 12.8. The first kappa shape index (κ1) is 14.0. The van der Waals surface area contributed by atoms with E-state index in [0.29, 0.717) is 13.1 Å². The zero-order valence-corrected chi connectivity index (χ0v) is 10.6. The molecule has 1 rings (SSSR count). The van der Waals surface area contributed by atoms with Gasteiger partial charge in [-0.1, -0.05) is 25.2 Å². The molecule has 3 N–H and O–H groups in total. The number of rotatable bonds is 6. The van der Waals surface area contributed by atoms with Crippen LogP contribution >= 0.6 is 12.2 Å². The molecule has 0 aliphatic carbocycles. The van der Waals surface area contributed by atoms with Crippen molar-refractivity contribution in [2.75, 3.05) is 19.7 Å². The first-order valence-corrected chi connectivity index (χ1v) is 5.90. The molecule has 0 spiro atoms. The van der Waals surface area contributed by atoms with E-state index >= 15 is 0 Å². The number of nitrogens with two attached hydrogens (primary N) is 1. The summed E-state index contributed by atoms with van der Waals surface area (Å²) in [5.74, 6) is -0.397. The average molecular weight is 256 g/mol. The highest BCUT2D eigenvalue weighted by atomic mass is 32.1. The van der Waals surface area contributed by atoms with E-state index in [4.69, 9.17) is 23.1 Å². The fraction of sp³-hybridized carbons (Fsp3) is 0.417. The van der Waals surface area contributed by atoms with Crippen molar-refractivity contribution in [3.8, 4) is 0 Å². The Morgan fingerprint density at radius 3 is 2.76 bits per heavy atom. The van der Waals surface area contributed by atoms with Gasteiger partial charge >= 0.3 is 0 Å². The van der Waals surface area contributed by atoms with Gasteiger partial charge in [0, 0.05) is 18.7 Å². The van der Waals surface area contributed by atoms with Crippen LogP contribution in [0.2, 0.25) is 0 Å². The van der Waals surface area contributed by atoms with Crippen molar-refractivity contribution in [1.82, 2.24) is 4.90 Å². The number of benzene rings is 1. The van der Waals surface area contributed by atoms with Gasteiger partial charge in [0.1, 0.15) is 10.8 Å². The highest BCUT2D eigenvalue weighted by Crippen LogP contribution is 2.12. The van der Waals surface area contributed by atoms with E-state index in [9.17, 15) is 4.39 Å². The molecule has 0 heterocycles. The normalized spacial score (nSPS) is 10.8. The topological polar surface area (TPSA) is 49.5 Å². The van der Waals surface area contributed by atoms with Crippen LogP contribution in [0.15, 0.2) is 18.2 Å². The Kier molecular flexibility index (Phi) is 5.47. The maximum Gasteiger partial charge on any atom is 0.133 e. The molecule has 5 heteroatoms. The summed E-state index contributed by atoms with van der Waals surface area (Å²) in [6.07, 6.45) is 0. The monoisotopic (exact) mass is 256 g/mol. The summed E-state index contributed by atoms with van der Waals surface area (Å²) < 4.78 is 13.4. The van der Waals surface area contributed by atoms with Gasteiger partial charge in [0.25, 0.3) is 0 Å². The third-order valence-corrected chi connectivity index (χ3v) is 2.79. The van der Waals surface area contributed by atoms with Crippen molar-refractivity contribution in [3.05, 3.63) is 35.1 Å². The van der Waals surface area contributed by atoms with Gasteiger partial charge in [-0.05, 0) is 24.2 Å². The van der Waals surface area contributed by atoms with Crippen LogP contribution in [0.3, 0.4) is 0 Å². The minimum atomic E-state index is -0.397. The molecule has 0 amide bonds. The van der Waals surface area contributed by atoms with Gasteiger partial charge in [0.15, 0.2) is 0 Å². The van der Waals surface area contributed by atoms with E-state index in [0.717, 1.165) is 12.1 Å². The van der Waals surface area contributed by atoms with Crippen LogP contribution in [0.25, 0.3) is 0 Å². The number of likely N-dealkylation sites (N-methyl/N-ethyl adjacent to an activating group) is 1. The summed E-state index contributed by atoms with van der Waals surface area (Å²) in [4.78, 5) is 2.12. The van der Waals surface area contributed by atoms with Gasteiger partial charge in [0.05, 0.1) is 6.61 Å². The van der Waals surface area contributed by atoms with Gasteiger partial charge in [-0.3, -0.25) is 4.90 Å². The number of halogens is 1. The molecule has 0 aliphatic heterocycles. The van der Waals surface area contributed by atoms with E-state index in [2.05, 4.69) is 4.90 Å². The fourth-order valence-electron chi connectivity index (χ4n) is 1.61. The van der Waals surface area contributed by atoms with Crippen molar-refractivity contribution in [2.24, 2.45) is 5.73 Å². The van der Waals surface area contributed by atoms with E-state index < -0.39 is 5.82 Å². The first-order valence-electron chi connectivity index (χ1n) is 5.50. The minimum Gasteiger partial charge on any atom is -0.395 e. The van der Waals surface area contributed by atoms with Crippen molar-refractivity contribution < 1.29 is 9.50 Å². The highest BCUT2D eigenvalue weighted by Gasteiger charge is 2.08. The van der Waals surface area contributed by atoms with Gasteiger partial charge < -0.3 is 10.8 Å². The molecule has 94 valence electrons. The standard InChI is InChI=1S/C12H17FN2OS/c1-2-15(5-6-16)8-9-3-4-11(13)10(7-9)12(14)17/h3-4,7,16H,2,5-6,8H2,1H3,(H2,14,17). The number of aliphatic hydroxyl groups excluding tert-OH is 1. The zero-order valence-electron chi connectivity index (χ0n) is 9.82. The smallest absolute Gasteiger partial charge is 0.133 e. The van der Waals surface area contributed by atoms with E-state index in [1.54, 1.807) is 12.1 Å². The summed E-state index contributed by atoms with van der Waals surface area (Å²) in [7, 11) is 0. The third-order valence-electron chi connectivity index (χ3n) is 2.57. The van der Waals surface area contributed by atoms with E-state index in [1.165, 1.54) is 6.07 Å². The van der Waals surface area contributed by atoms with Crippen molar-refractivity contribution >= 4 is 17.2 Å². The third kappa shape index (κ3) is 4.03. The molecule has 0 unspecified atom stereocenters. The minimum absolute atomic E-state index is 0.0644. The second kappa shape index (κ2) is 6.64. The quantitative estimate of drug-likeness (QED) is 0.753. The Bertz CT molecular complexity index is 398. The molecule has 0 bridgehead atoms. The summed E-state index contributed by atoms with van der Waals surface area (Å²) in [5, 5.41) is 8.89. The van der Waals surface area contributed by atoms with Crippen LogP contribution in [0.5, 0.6) is 0 Å². The van der Waals surface area contributed by atoms with E-state index in [-0.39, 0.29) is 17.2 Å². The SMILES string of the molecule is CCN(CCO)Cc1ccc(F)c(C(N)=S)c1. The number of thiocarbonyl (C=S) groups is 1. The fourth-order valence-corrected chi connectivity index (χ4v) is 1.76. The predicted octanol–water partition coefficient (Wildman–Crippen LogP) is 1.27. The molecule has 3 nitrogen and oxygen atoms in total. The van der Waals surface area contributed by atoms with Gasteiger partial charge in [0.2, 0.25) is 0 Å². The molecular weight excluding hydrogens is 239 g/mol. The summed E-state index contributed by atoms with van der Waals surface area (Å²) >= 11 is 4.79. The Morgan fingerprint density at radius 2 is 2.24 bits per heavy atom. The largest absolute Gasteiger partial charge is 0.395 e. The molecule has 0 aromatic heterocycles. The summed E-state index contributed by atoms with van der Waals surface area (Å²) in [5.41, 5.74) is 6.65. The van der Waals surface area contributed by atoms with Crippen LogP contribution in [0.1, 0.15) is 18.1 Å². The van der Waals surface area contributed by atoms with Gasteiger partial charge in [-0.15, -0.1) is 0 Å². The molecule has 0 atom stereocenters. The molecule has 0 saturated heterocycles. The Balaban J connectivity index is 2.84. The van der Waals surface area contributed by atoms with Gasteiger partial charge in [-0.2, -0.15) is 0 Å². The number of hydrogen-bond acceptors (Lipinski definition) is 3. The lowest BCUT2D eigenvalue weighted by atomic mass is 10.1. The lowest BCUT2D eigenvalue weighted by molar-refractivity contribution is 0.197. The van der Waals surface area contributed by atoms with Crippen LogP contribution in [-0.2, 0) is 6.54 Å². The van der Waals surface area contributed by atoms with Crippen LogP contribution < -0.4 is 5.73 Å². The summed E-state index contributed by atoms with van der Waals surface area (Å²) in [6.45, 7) is 4.18. The number of aliphatic hydroxyl groups is 1. The summed E-state index contributed by atoms with van der Waals surface area (Å²) in [6, 6.07) is 4.74. The number of nitrogens with zero attached hydrogens (tertiary/aromatic N) is 1. The molecule has 0 aliphatic rings. The second-order valence-electron chi connectivity index (χ2n) is 3.77. The molecule has 0 saturated carbocycles. The Labute approximate surface area is 106 Å². The van der Waals surface area contributed by atoms with Crippen molar-refractivity contribution in [1.29, 1.82) is 0 Å². The van der Waals surface area contributed by atoms with Crippen LogP contribution in [0, 0.1) is 5.82 Å². The molecule has 0 fully saturated rings. The lowest BCUT2D eigenvalue weighted by Gasteiger charge is -2.19. The van der Waals surface area contributed by atoms with Crippen molar-refractivity contribution in [3.63, 3.8) is 0 Å². The molecule has 17 heavy (non-hydrogen) atoms. The maximum atomic E-state index is 13.4. The molecule has 0 radical (unpaired) electrons. The molecule has 1 aromatic carbocycles. The number of hydrogen-bond donors (Lipinski definition) is 2. The average Bonchev–Trinajstić information content (AvgIpc) is 2.30. The predicted molar refractivity (Wildman–Crippen MR) is 70.3 cm³/mol. The second-order valence-corrected chi connectivity index (χ2v) is 4.21. The van der Waals surface area contributed by atoms with Crippen LogP contribution in [0.4, 0.5) is 4.39 Å². The van der Waals surface area contributed by atoms with E-state index in [1.807, 2.05) is 6.92 Å². The lowest BCUT2D eigenvalue weighted by Crippen LogP contribution is -2.26. The Morgan fingerprint density at radius 1 is 1.53 bits per heavy atom. The maximum absolute atomic E-state index is 13.4. The molecule has 1 aromatic rings.